The van der Waals surface area contributed by atoms with Crippen molar-refractivity contribution in [3.63, 3.8) is 0 Å². The summed E-state index contributed by atoms with van der Waals surface area (Å²) < 4.78 is 0. The molecule has 0 aliphatic rings. The first-order chi connectivity index (χ1) is 5.22. The van der Waals surface area contributed by atoms with E-state index in [-0.39, 0.29) is 18.9 Å². The number of rotatable bonds is 4. The van der Waals surface area contributed by atoms with Crippen molar-refractivity contribution in [2.24, 2.45) is 0 Å². The third-order valence-corrected chi connectivity index (χ3v) is 1.01. The number of carbonyl (C=O) groups is 1. The van der Waals surface area contributed by atoms with E-state index >= 15 is 0 Å². The van der Waals surface area contributed by atoms with E-state index in [1.165, 1.54) is 13.1 Å². The van der Waals surface area contributed by atoms with Crippen LogP contribution in [0.3, 0.4) is 0 Å². The molecule has 60 valence electrons. The summed E-state index contributed by atoms with van der Waals surface area (Å²) in [5.41, 5.74) is 0. The highest BCUT2D eigenvalue weighted by Gasteiger charge is 2.04. The average molecular weight is 153 g/mol. The minimum atomic E-state index is -0.157. The number of terminal acetylenes is 1. The Bertz CT molecular complexity index is 181. The van der Waals surface area contributed by atoms with E-state index in [2.05, 4.69) is 12.5 Å². The second kappa shape index (κ2) is 5.51. The predicted octanol–water partition coefficient (Wildman–Crippen LogP) is 0.586. The fourth-order valence-electron chi connectivity index (χ4n) is 0.458. The van der Waals surface area contributed by atoms with Crippen LogP contribution in [0.4, 0.5) is 0 Å². The molecular formula is C8H11NO2. The molecule has 0 saturated heterocycles. The van der Waals surface area contributed by atoms with Gasteiger partial charge in [-0.2, -0.15) is 0 Å². The number of amides is 1. The van der Waals surface area contributed by atoms with Crippen molar-refractivity contribution in [1.82, 2.24) is 5.06 Å². The molecule has 0 rings (SSSR count). The van der Waals surface area contributed by atoms with Crippen LogP contribution in [0.25, 0.3) is 0 Å². The summed E-state index contributed by atoms with van der Waals surface area (Å²) in [5, 5.41) is 1.11. The molecule has 0 aliphatic heterocycles. The fraction of sp³-hybridized carbons (Fsp3) is 0.375. The van der Waals surface area contributed by atoms with Gasteiger partial charge in [0.2, 0.25) is 5.91 Å². The van der Waals surface area contributed by atoms with Gasteiger partial charge in [-0.05, 0) is 0 Å². The molecule has 0 aromatic rings. The Kier molecular flexibility index (Phi) is 4.87. The zero-order valence-electron chi connectivity index (χ0n) is 6.54. The van der Waals surface area contributed by atoms with E-state index in [4.69, 9.17) is 11.3 Å². The van der Waals surface area contributed by atoms with Gasteiger partial charge in [0.05, 0.1) is 0 Å². The second-order valence-electron chi connectivity index (χ2n) is 1.86. The quantitative estimate of drug-likeness (QED) is 0.336. The molecule has 1 amide bonds. The number of hydroxylamine groups is 2. The number of nitrogens with zero attached hydrogens (tertiary/aromatic N) is 1. The highest BCUT2D eigenvalue weighted by molar-refractivity contribution is 5.76. The lowest BCUT2D eigenvalue weighted by molar-refractivity contribution is -0.172. The minimum Gasteiger partial charge on any atom is -0.272 e. The maximum atomic E-state index is 10.9. The van der Waals surface area contributed by atoms with Crippen LogP contribution in [0.5, 0.6) is 0 Å². The maximum Gasteiger partial charge on any atom is 0.249 e. The van der Waals surface area contributed by atoms with Crippen molar-refractivity contribution in [2.75, 3.05) is 13.7 Å². The Balaban J connectivity index is 3.65. The molecule has 0 aliphatic carbocycles. The molecular weight excluding hydrogens is 142 g/mol. The Hall–Kier alpha value is -1.27. The fourth-order valence-corrected chi connectivity index (χ4v) is 0.458. The van der Waals surface area contributed by atoms with Crippen LogP contribution < -0.4 is 0 Å². The standard InChI is InChI=1S/C8H11NO2/c1-4-6-8(10)9(3)11-7-5-2/h2,4H,1,6-7H2,3H3. The molecule has 0 saturated carbocycles. The summed E-state index contributed by atoms with van der Waals surface area (Å²) in [6.45, 7) is 3.53. The number of carbonyl (C=O) groups excluding carboxylic acids is 1. The van der Waals surface area contributed by atoms with Gasteiger partial charge in [0, 0.05) is 13.5 Å². The number of hydrogen-bond acceptors (Lipinski definition) is 2. The molecule has 0 heterocycles. The first kappa shape index (κ1) is 9.73. The summed E-state index contributed by atoms with van der Waals surface area (Å²) in [6.07, 6.45) is 6.69. The number of hydrogen-bond donors (Lipinski definition) is 0. The van der Waals surface area contributed by atoms with Crippen LogP contribution in [-0.2, 0) is 9.63 Å². The zero-order chi connectivity index (χ0) is 8.69. The van der Waals surface area contributed by atoms with Crippen molar-refractivity contribution < 1.29 is 9.63 Å². The topological polar surface area (TPSA) is 29.5 Å². The lowest BCUT2D eigenvalue weighted by Gasteiger charge is -2.13. The highest BCUT2D eigenvalue weighted by atomic mass is 16.7. The van der Waals surface area contributed by atoms with Gasteiger partial charge in [0.25, 0.3) is 0 Å². The molecule has 0 spiro atoms. The Morgan fingerprint density at radius 3 is 3.00 bits per heavy atom. The monoisotopic (exact) mass is 153 g/mol. The van der Waals surface area contributed by atoms with Crippen molar-refractivity contribution in [3.8, 4) is 12.3 Å². The van der Waals surface area contributed by atoms with Crippen molar-refractivity contribution in [3.05, 3.63) is 12.7 Å². The van der Waals surface area contributed by atoms with E-state index < -0.39 is 0 Å². The van der Waals surface area contributed by atoms with Crippen molar-refractivity contribution in [2.45, 2.75) is 6.42 Å². The summed E-state index contributed by atoms with van der Waals surface area (Å²) >= 11 is 0. The van der Waals surface area contributed by atoms with Gasteiger partial charge >= 0.3 is 0 Å². The molecule has 0 radical (unpaired) electrons. The third kappa shape index (κ3) is 4.18. The largest absolute Gasteiger partial charge is 0.272 e. The van der Waals surface area contributed by atoms with Gasteiger partial charge in [-0.25, -0.2) is 5.06 Å². The molecule has 0 aromatic heterocycles. The molecule has 0 fully saturated rings. The maximum absolute atomic E-state index is 10.9. The van der Waals surface area contributed by atoms with Crippen LogP contribution in [0.2, 0.25) is 0 Å². The average Bonchev–Trinajstić information content (AvgIpc) is 2.00. The Labute approximate surface area is 66.6 Å². The first-order valence-corrected chi connectivity index (χ1v) is 3.16. The minimum absolute atomic E-state index is 0.110. The highest BCUT2D eigenvalue weighted by Crippen LogP contribution is 1.91. The third-order valence-electron chi connectivity index (χ3n) is 1.01. The van der Waals surface area contributed by atoms with Gasteiger partial charge in [-0.15, -0.1) is 13.0 Å². The first-order valence-electron chi connectivity index (χ1n) is 3.16. The van der Waals surface area contributed by atoms with Crippen molar-refractivity contribution >= 4 is 5.91 Å². The van der Waals surface area contributed by atoms with Gasteiger partial charge in [0.1, 0.15) is 6.61 Å². The molecule has 3 nitrogen and oxygen atoms in total. The van der Waals surface area contributed by atoms with Crippen molar-refractivity contribution in [1.29, 1.82) is 0 Å². The Morgan fingerprint density at radius 2 is 2.55 bits per heavy atom. The van der Waals surface area contributed by atoms with E-state index in [0.717, 1.165) is 5.06 Å². The molecule has 0 N–H and O–H groups in total. The molecule has 0 bridgehead atoms. The van der Waals surface area contributed by atoms with E-state index in [9.17, 15) is 4.79 Å². The predicted molar refractivity (Wildman–Crippen MR) is 42.4 cm³/mol. The van der Waals surface area contributed by atoms with E-state index in [1.807, 2.05) is 0 Å². The van der Waals surface area contributed by atoms with Crippen LogP contribution in [-0.4, -0.2) is 24.6 Å². The van der Waals surface area contributed by atoms with Crippen LogP contribution in [0, 0.1) is 12.3 Å². The summed E-state index contributed by atoms with van der Waals surface area (Å²) in [4.78, 5) is 15.7. The molecule has 11 heavy (non-hydrogen) atoms. The lowest BCUT2D eigenvalue weighted by atomic mass is 10.4. The smallest absolute Gasteiger partial charge is 0.249 e. The van der Waals surface area contributed by atoms with Gasteiger partial charge in [0.15, 0.2) is 0 Å². The van der Waals surface area contributed by atoms with E-state index in [0.29, 0.717) is 0 Å². The normalized spacial score (nSPS) is 8.36. The summed E-state index contributed by atoms with van der Waals surface area (Å²) in [7, 11) is 1.52. The van der Waals surface area contributed by atoms with Crippen LogP contribution in [0.1, 0.15) is 6.42 Å². The summed E-state index contributed by atoms with van der Waals surface area (Å²) in [6, 6.07) is 0. The molecule has 0 atom stereocenters. The SMILES string of the molecule is C#CCON(C)C(=O)CC=C. The van der Waals surface area contributed by atoms with Gasteiger partial charge in [-0.1, -0.05) is 12.0 Å². The second-order valence-corrected chi connectivity index (χ2v) is 1.86. The lowest BCUT2D eigenvalue weighted by Crippen LogP contribution is -2.26. The van der Waals surface area contributed by atoms with E-state index in [1.54, 1.807) is 0 Å². The van der Waals surface area contributed by atoms with Crippen LogP contribution >= 0.6 is 0 Å². The summed E-state index contributed by atoms with van der Waals surface area (Å²) in [5.74, 6) is 2.10. The van der Waals surface area contributed by atoms with Gasteiger partial charge in [-0.3, -0.25) is 9.63 Å². The molecule has 3 heteroatoms. The molecule has 0 aromatic carbocycles. The van der Waals surface area contributed by atoms with Crippen LogP contribution in [0.15, 0.2) is 12.7 Å². The Morgan fingerprint density at radius 1 is 1.91 bits per heavy atom. The zero-order valence-corrected chi connectivity index (χ0v) is 6.54. The molecule has 0 unspecified atom stereocenters. The van der Waals surface area contributed by atoms with Gasteiger partial charge < -0.3 is 0 Å².